The standard InChI is InChI=1S/C13H12BrN3O2/c1-17(8-9-3-2-4-10(14)7-9)13-15-6-5-11(16-13)12(18)19/h2-7H,8H2,1H3,(H,18,19). The van der Waals surface area contributed by atoms with Gasteiger partial charge in [-0.25, -0.2) is 14.8 Å². The fourth-order valence-electron chi connectivity index (χ4n) is 1.63. The average Bonchev–Trinajstić information content (AvgIpc) is 2.39. The molecule has 1 aromatic heterocycles. The Kier molecular flexibility index (Phi) is 4.11. The summed E-state index contributed by atoms with van der Waals surface area (Å²) in [6, 6.07) is 9.26. The molecule has 0 unspecified atom stereocenters. The molecule has 1 heterocycles. The molecule has 0 amide bonds. The van der Waals surface area contributed by atoms with E-state index in [0.29, 0.717) is 12.5 Å². The van der Waals surface area contributed by atoms with Gasteiger partial charge in [-0.15, -0.1) is 0 Å². The predicted molar refractivity (Wildman–Crippen MR) is 75.2 cm³/mol. The SMILES string of the molecule is CN(Cc1cccc(Br)c1)c1nccc(C(=O)O)n1. The quantitative estimate of drug-likeness (QED) is 0.937. The van der Waals surface area contributed by atoms with E-state index in [9.17, 15) is 4.79 Å². The van der Waals surface area contributed by atoms with Gasteiger partial charge in [0.25, 0.3) is 0 Å². The summed E-state index contributed by atoms with van der Waals surface area (Å²) in [6.07, 6.45) is 1.45. The van der Waals surface area contributed by atoms with Gasteiger partial charge in [-0.3, -0.25) is 0 Å². The molecule has 0 bridgehead atoms. The lowest BCUT2D eigenvalue weighted by Gasteiger charge is -2.17. The van der Waals surface area contributed by atoms with Gasteiger partial charge in [0.05, 0.1) is 0 Å². The third kappa shape index (κ3) is 3.51. The van der Waals surface area contributed by atoms with Crippen LogP contribution in [-0.4, -0.2) is 28.1 Å². The molecule has 0 radical (unpaired) electrons. The van der Waals surface area contributed by atoms with Gasteiger partial charge < -0.3 is 10.0 Å². The highest BCUT2D eigenvalue weighted by Crippen LogP contribution is 2.15. The molecule has 2 aromatic rings. The fourth-order valence-corrected chi connectivity index (χ4v) is 2.08. The Morgan fingerprint density at radius 1 is 1.42 bits per heavy atom. The van der Waals surface area contributed by atoms with Crippen LogP contribution in [0.3, 0.4) is 0 Å². The molecule has 0 atom stereocenters. The number of anilines is 1. The number of hydrogen-bond acceptors (Lipinski definition) is 4. The van der Waals surface area contributed by atoms with Crippen molar-refractivity contribution in [3.05, 3.63) is 52.3 Å². The minimum absolute atomic E-state index is 0.00825. The number of carbonyl (C=O) groups is 1. The monoisotopic (exact) mass is 321 g/mol. The highest BCUT2D eigenvalue weighted by molar-refractivity contribution is 9.10. The van der Waals surface area contributed by atoms with E-state index in [1.165, 1.54) is 12.3 Å². The van der Waals surface area contributed by atoms with Crippen LogP contribution in [0.25, 0.3) is 0 Å². The van der Waals surface area contributed by atoms with E-state index < -0.39 is 5.97 Å². The molecular formula is C13H12BrN3O2. The van der Waals surface area contributed by atoms with Crippen LogP contribution in [0.4, 0.5) is 5.95 Å². The summed E-state index contributed by atoms with van der Waals surface area (Å²) in [4.78, 5) is 20.7. The molecule has 2 rings (SSSR count). The summed E-state index contributed by atoms with van der Waals surface area (Å²) in [5.41, 5.74) is 1.08. The number of carboxylic acid groups (broad SMARTS) is 1. The van der Waals surface area contributed by atoms with E-state index in [1.54, 1.807) is 4.90 Å². The van der Waals surface area contributed by atoms with Crippen molar-refractivity contribution < 1.29 is 9.90 Å². The normalized spacial score (nSPS) is 10.2. The van der Waals surface area contributed by atoms with Crippen molar-refractivity contribution in [2.24, 2.45) is 0 Å². The van der Waals surface area contributed by atoms with Gasteiger partial charge in [0.2, 0.25) is 5.95 Å². The fraction of sp³-hybridized carbons (Fsp3) is 0.154. The third-order valence-corrected chi connectivity index (χ3v) is 3.01. The largest absolute Gasteiger partial charge is 0.477 e. The zero-order valence-electron chi connectivity index (χ0n) is 10.2. The molecule has 0 saturated carbocycles. The van der Waals surface area contributed by atoms with Crippen molar-refractivity contribution in [3.63, 3.8) is 0 Å². The summed E-state index contributed by atoms with van der Waals surface area (Å²) in [5, 5.41) is 8.90. The molecule has 0 aliphatic carbocycles. The first kappa shape index (κ1) is 13.5. The lowest BCUT2D eigenvalue weighted by atomic mass is 10.2. The van der Waals surface area contributed by atoms with Crippen molar-refractivity contribution in [3.8, 4) is 0 Å². The summed E-state index contributed by atoms with van der Waals surface area (Å²) in [6.45, 7) is 0.600. The Labute approximate surface area is 119 Å². The van der Waals surface area contributed by atoms with Crippen LogP contribution in [0, 0.1) is 0 Å². The van der Waals surface area contributed by atoms with Crippen molar-refractivity contribution in [2.75, 3.05) is 11.9 Å². The molecule has 0 aliphatic rings. The molecule has 98 valence electrons. The number of halogens is 1. The van der Waals surface area contributed by atoms with Gasteiger partial charge in [0.1, 0.15) is 0 Å². The number of hydrogen-bond donors (Lipinski definition) is 1. The summed E-state index contributed by atoms with van der Waals surface area (Å²) < 4.78 is 0.999. The van der Waals surface area contributed by atoms with E-state index in [0.717, 1.165) is 10.0 Å². The predicted octanol–water partition coefficient (Wildman–Crippen LogP) is 2.57. The maximum absolute atomic E-state index is 10.9. The second-order valence-electron chi connectivity index (χ2n) is 4.03. The Morgan fingerprint density at radius 2 is 2.21 bits per heavy atom. The average molecular weight is 322 g/mol. The van der Waals surface area contributed by atoms with Crippen molar-refractivity contribution in [2.45, 2.75) is 6.54 Å². The molecule has 0 aliphatic heterocycles. The molecule has 1 N–H and O–H groups in total. The highest BCUT2D eigenvalue weighted by atomic mass is 79.9. The number of benzene rings is 1. The topological polar surface area (TPSA) is 66.3 Å². The van der Waals surface area contributed by atoms with Gasteiger partial charge >= 0.3 is 5.97 Å². The molecular weight excluding hydrogens is 310 g/mol. The molecule has 6 heteroatoms. The van der Waals surface area contributed by atoms with Crippen LogP contribution in [0.15, 0.2) is 41.0 Å². The van der Waals surface area contributed by atoms with Crippen LogP contribution in [0.1, 0.15) is 16.1 Å². The van der Waals surface area contributed by atoms with E-state index in [4.69, 9.17) is 5.11 Å². The number of rotatable bonds is 4. The van der Waals surface area contributed by atoms with Crippen LogP contribution in [0.2, 0.25) is 0 Å². The van der Waals surface area contributed by atoms with Gasteiger partial charge in [-0.05, 0) is 23.8 Å². The van der Waals surface area contributed by atoms with Crippen LogP contribution >= 0.6 is 15.9 Å². The second-order valence-corrected chi connectivity index (χ2v) is 4.95. The van der Waals surface area contributed by atoms with E-state index >= 15 is 0 Å². The van der Waals surface area contributed by atoms with Crippen molar-refractivity contribution in [1.29, 1.82) is 0 Å². The first-order valence-corrected chi connectivity index (χ1v) is 6.37. The van der Waals surface area contributed by atoms with E-state index in [2.05, 4.69) is 25.9 Å². The third-order valence-electron chi connectivity index (χ3n) is 2.51. The minimum Gasteiger partial charge on any atom is -0.477 e. The lowest BCUT2D eigenvalue weighted by molar-refractivity contribution is 0.0690. The lowest BCUT2D eigenvalue weighted by Crippen LogP contribution is -2.20. The Hall–Kier alpha value is -1.95. The zero-order valence-corrected chi connectivity index (χ0v) is 11.8. The Morgan fingerprint density at radius 3 is 2.89 bits per heavy atom. The maximum atomic E-state index is 10.9. The van der Waals surface area contributed by atoms with E-state index in [-0.39, 0.29) is 5.69 Å². The molecule has 5 nitrogen and oxygen atoms in total. The van der Waals surface area contributed by atoms with E-state index in [1.807, 2.05) is 31.3 Å². The second kappa shape index (κ2) is 5.79. The van der Waals surface area contributed by atoms with Crippen LogP contribution in [0.5, 0.6) is 0 Å². The van der Waals surface area contributed by atoms with Gasteiger partial charge in [0.15, 0.2) is 5.69 Å². The first-order chi connectivity index (χ1) is 9.06. The molecule has 0 spiro atoms. The van der Waals surface area contributed by atoms with Gasteiger partial charge in [-0.2, -0.15) is 0 Å². The van der Waals surface area contributed by atoms with Crippen LogP contribution in [-0.2, 0) is 6.54 Å². The van der Waals surface area contributed by atoms with Gasteiger partial charge in [0, 0.05) is 24.3 Å². The Bertz CT molecular complexity index is 604. The summed E-state index contributed by atoms with van der Waals surface area (Å²) >= 11 is 3.41. The molecule has 0 fully saturated rings. The number of carboxylic acids is 1. The van der Waals surface area contributed by atoms with Crippen molar-refractivity contribution in [1.82, 2.24) is 9.97 Å². The van der Waals surface area contributed by atoms with Gasteiger partial charge in [-0.1, -0.05) is 28.1 Å². The smallest absolute Gasteiger partial charge is 0.354 e. The van der Waals surface area contributed by atoms with Crippen molar-refractivity contribution >= 4 is 27.8 Å². The molecule has 0 saturated heterocycles. The highest BCUT2D eigenvalue weighted by Gasteiger charge is 2.10. The molecule has 19 heavy (non-hydrogen) atoms. The minimum atomic E-state index is -1.06. The number of aromatic carboxylic acids is 1. The Balaban J connectivity index is 2.18. The summed E-state index contributed by atoms with van der Waals surface area (Å²) in [7, 11) is 1.82. The number of aromatic nitrogens is 2. The zero-order chi connectivity index (χ0) is 13.8. The first-order valence-electron chi connectivity index (χ1n) is 5.58. The molecule has 1 aromatic carbocycles. The number of nitrogens with zero attached hydrogens (tertiary/aromatic N) is 3. The van der Waals surface area contributed by atoms with Crippen LogP contribution < -0.4 is 4.90 Å². The summed E-state index contributed by atoms with van der Waals surface area (Å²) in [5.74, 6) is -0.667. The maximum Gasteiger partial charge on any atom is 0.354 e.